The summed E-state index contributed by atoms with van der Waals surface area (Å²) >= 11 is 6.15. The monoisotopic (exact) mass is 289 g/mol. The highest BCUT2D eigenvalue weighted by atomic mass is 35.5. The van der Waals surface area contributed by atoms with Crippen molar-refractivity contribution in [1.82, 2.24) is 4.98 Å². The lowest BCUT2D eigenvalue weighted by molar-refractivity contribution is -0.116. The summed E-state index contributed by atoms with van der Waals surface area (Å²) in [5.74, 6) is 0.561. The Kier molecular flexibility index (Phi) is 4.58. The molecule has 0 saturated carbocycles. The van der Waals surface area contributed by atoms with E-state index in [1.165, 1.54) is 0 Å². The number of benzene rings is 1. The third-order valence-electron chi connectivity index (χ3n) is 2.80. The summed E-state index contributed by atoms with van der Waals surface area (Å²) in [7, 11) is 3.82. The molecule has 0 bridgehead atoms. The van der Waals surface area contributed by atoms with E-state index < -0.39 is 5.38 Å². The van der Waals surface area contributed by atoms with Crippen LogP contribution in [0.1, 0.15) is 10.9 Å². The van der Waals surface area contributed by atoms with Crippen molar-refractivity contribution in [3.05, 3.63) is 54.2 Å². The number of nitrogens with one attached hydrogen (secondary N) is 1. The lowest BCUT2D eigenvalue weighted by Crippen LogP contribution is -2.17. The molecule has 0 saturated heterocycles. The minimum absolute atomic E-state index is 0.266. The van der Waals surface area contributed by atoms with E-state index in [-0.39, 0.29) is 5.91 Å². The summed E-state index contributed by atoms with van der Waals surface area (Å²) in [6, 6.07) is 12.9. The molecule has 1 aromatic heterocycles. The molecule has 1 aromatic carbocycles. The third-order valence-corrected chi connectivity index (χ3v) is 3.25. The fourth-order valence-electron chi connectivity index (χ4n) is 1.70. The Morgan fingerprint density at radius 3 is 2.45 bits per heavy atom. The number of hydrogen-bond donors (Lipinski definition) is 1. The van der Waals surface area contributed by atoms with Crippen LogP contribution < -0.4 is 10.2 Å². The number of pyridine rings is 1. The molecule has 1 unspecified atom stereocenters. The van der Waals surface area contributed by atoms with Gasteiger partial charge in [-0.3, -0.25) is 4.79 Å². The van der Waals surface area contributed by atoms with Crippen LogP contribution in [0.25, 0.3) is 0 Å². The molecular formula is C15H16ClN3O. The molecule has 0 fully saturated rings. The van der Waals surface area contributed by atoms with Crippen molar-refractivity contribution in [1.29, 1.82) is 0 Å². The van der Waals surface area contributed by atoms with Crippen LogP contribution >= 0.6 is 11.6 Å². The molecule has 2 rings (SSSR count). The van der Waals surface area contributed by atoms with Gasteiger partial charge in [0.05, 0.1) is 11.9 Å². The first-order chi connectivity index (χ1) is 9.58. The van der Waals surface area contributed by atoms with Gasteiger partial charge in [0.25, 0.3) is 0 Å². The van der Waals surface area contributed by atoms with Crippen molar-refractivity contribution >= 4 is 29.0 Å². The summed E-state index contributed by atoms with van der Waals surface area (Å²) in [5, 5.41) is 2.04. The first kappa shape index (κ1) is 14.3. The highest BCUT2D eigenvalue weighted by Gasteiger charge is 2.17. The molecule has 5 heteroatoms. The molecule has 1 N–H and O–H groups in total. The average Bonchev–Trinajstić information content (AvgIpc) is 2.48. The van der Waals surface area contributed by atoms with Crippen LogP contribution in [0.3, 0.4) is 0 Å². The van der Waals surface area contributed by atoms with Crippen LogP contribution in [-0.4, -0.2) is 25.0 Å². The van der Waals surface area contributed by atoms with Gasteiger partial charge in [-0.25, -0.2) is 4.98 Å². The molecule has 0 aliphatic rings. The number of hydrogen-bond acceptors (Lipinski definition) is 3. The predicted molar refractivity (Wildman–Crippen MR) is 82.2 cm³/mol. The SMILES string of the molecule is CN(C)c1ccc(NC(=O)C(Cl)c2ccccc2)cn1. The maximum absolute atomic E-state index is 12.1. The fourth-order valence-corrected chi connectivity index (χ4v) is 1.90. The molecule has 104 valence electrons. The van der Waals surface area contributed by atoms with Gasteiger partial charge in [0.1, 0.15) is 11.2 Å². The molecule has 20 heavy (non-hydrogen) atoms. The number of halogens is 1. The molecule has 4 nitrogen and oxygen atoms in total. The Hall–Kier alpha value is -2.07. The van der Waals surface area contributed by atoms with Gasteiger partial charge in [0, 0.05) is 14.1 Å². The van der Waals surface area contributed by atoms with Gasteiger partial charge in [-0.2, -0.15) is 0 Å². The molecule has 0 radical (unpaired) electrons. The second kappa shape index (κ2) is 6.39. The van der Waals surface area contributed by atoms with Gasteiger partial charge in [-0.05, 0) is 17.7 Å². The van der Waals surface area contributed by atoms with Crippen molar-refractivity contribution in [3.8, 4) is 0 Å². The van der Waals surface area contributed by atoms with Gasteiger partial charge in [0.2, 0.25) is 5.91 Å². The predicted octanol–water partition coefficient (Wildman–Crippen LogP) is 3.07. The highest BCUT2D eigenvalue weighted by Crippen LogP contribution is 2.22. The van der Waals surface area contributed by atoms with Crippen LogP contribution in [0.4, 0.5) is 11.5 Å². The minimum Gasteiger partial charge on any atom is -0.363 e. The topological polar surface area (TPSA) is 45.2 Å². The van der Waals surface area contributed by atoms with Crippen LogP contribution in [0.2, 0.25) is 0 Å². The van der Waals surface area contributed by atoms with E-state index in [1.807, 2.05) is 55.4 Å². The van der Waals surface area contributed by atoms with Crippen LogP contribution in [0.5, 0.6) is 0 Å². The van der Waals surface area contributed by atoms with Crippen molar-refractivity contribution in [2.24, 2.45) is 0 Å². The smallest absolute Gasteiger partial charge is 0.247 e. The molecule has 1 atom stereocenters. The summed E-state index contributed by atoms with van der Waals surface area (Å²) in [5.41, 5.74) is 1.40. The van der Waals surface area contributed by atoms with E-state index in [1.54, 1.807) is 12.3 Å². The second-order valence-corrected chi connectivity index (χ2v) is 5.00. The lowest BCUT2D eigenvalue weighted by atomic mass is 10.1. The zero-order valence-electron chi connectivity index (χ0n) is 11.4. The van der Waals surface area contributed by atoms with Gasteiger partial charge >= 0.3 is 0 Å². The Balaban J connectivity index is 2.04. The standard InChI is InChI=1S/C15H16ClN3O/c1-19(2)13-9-8-12(10-17-13)18-15(20)14(16)11-6-4-3-5-7-11/h3-10,14H,1-2H3,(H,18,20). The summed E-state index contributed by atoms with van der Waals surface area (Å²) in [4.78, 5) is 18.2. The number of carbonyl (C=O) groups is 1. The second-order valence-electron chi connectivity index (χ2n) is 4.56. The minimum atomic E-state index is -0.718. The van der Waals surface area contributed by atoms with Gasteiger partial charge in [-0.15, -0.1) is 11.6 Å². The lowest BCUT2D eigenvalue weighted by Gasteiger charge is -2.13. The van der Waals surface area contributed by atoms with Gasteiger partial charge < -0.3 is 10.2 Å². The molecule has 0 spiro atoms. The van der Waals surface area contributed by atoms with Crippen molar-refractivity contribution < 1.29 is 4.79 Å². The number of amides is 1. The van der Waals surface area contributed by atoms with Gasteiger partial charge in [0.15, 0.2) is 0 Å². The molecule has 2 aromatic rings. The van der Waals surface area contributed by atoms with Crippen LogP contribution in [0, 0.1) is 0 Å². The summed E-state index contributed by atoms with van der Waals surface area (Å²) < 4.78 is 0. The number of anilines is 2. The maximum Gasteiger partial charge on any atom is 0.247 e. The van der Waals surface area contributed by atoms with E-state index in [9.17, 15) is 4.79 Å². The Morgan fingerprint density at radius 1 is 1.20 bits per heavy atom. The number of aromatic nitrogens is 1. The van der Waals surface area contributed by atoms with Crippen LogP contribution in [-0.2, 0) is 4.79 Å². The summed E-state index contributed by atoms with van der Waals surface area (Å²) in [6.45, 7) is 0. The molecule has 1 heterocycles. The van der Waals surface area contributed by atoms with Crippen LogP contribution in [0.15, 0.2) is 48.7 Å². The van der Waals surface area contributed by atoms with E-state index in [4.69, 9.17) is 11.6 Å². The Labute approximate surface area is 123 Å². The fraction of sp³-hybridized carbons (Fsp3) is 0.200. The molecular weight excluding hydrogens is 274 g/mol. The number of nitrogens with zero attached hydrogens (tertiary/aromatic N) is 2. The number of alkyl halides is 1. The largest absolute Gasteiger partial charge is 0.363 e. The van der Waals surface area contributed by atoms with Crippen molar-refractivity contribution in [2.45, 2.75) is 5.38 Å². The zero-order chi connectivity index (χ0) is 14.5. The maximum atomic E-state index is 12.1. The summed E-state index contributed by atoms with van der Waals surface area (Å²) in [6.07, 6.45) is 1.61. The average molecular weight is 290 g/mol. The first-order valence-electron chi connectivity index (χ1n) is 6.21. The Morgan fingerprint density at radius 2 is 1.90 bits per heavy atom. The molecule has 0 aliphatic carbocycles. The molecule has 0 aliphatic heterocycles. The van der Waals surface area contributed by atoms with E-state index in [2.05, 4.69) is 10.3 Å². The van der Waals surface area contributed by atoms with E-state index in [0.717, 1.165) is 11.4 Å². The van der Waals surface area contributed by atoms with Crippen molar-refractivity contribution in [3.63, 3.8) is 0 Å². The number of carbonyl (C=O) groups excluding carboxylic acids is 1. The quantitative estimate of drug-likeness (QED) is 0.880. The van der Waals surface area contributed by atoms with Crippen molar-refractivity contribution in [2.75, 3.05) is 24.3 Å². The zero-order valence-corrected chi connectivity index (χ0v) is 12.1. The highest BCUT2D eigenvalue weighted by molar-refractivity contribution is 6.32. The first-order valence-corrected chi connectivity index (χ1v) is 6.65. The molecule has 1 amide bonds. The Bertz CT molecular complexity index is 569. The van der Waals surface area contributed by atoms with Gasteiger partial charge in [-0.1, -0.05) is 30.3 Å². The normalized spacial score (nSPS) is 11.8. The van der Waals surface area contributed by atoms with E-state index >= 15 is 0 Å². The number of rotatable bonds is 4. The van der Waals surface area contributed by atoms with E-state index in [0.29, 0.717) is 5.69 Å². The third kappa shape index (κ3) is 3.48.